The van der Waals surface area contributed by atoms with Gasteiger partial charge in [-0.1, -0.05) is 19.1 Å². The molecule has 5 heteroatoms. The highest BCUT2D eigenvalue weighted by Crippen LogP contribution is 2.32. The lowest BCUT2D eigenvalue weighted by atomic mass is 9.99. The lowest BCUT2D eigenvalue weighted by Crippen LogP contribution is -2.23. The fraction of sp³-hybridized carbons (Fsp3) is 0.533. The Hall–Kier alpha value is -1.75. The van der Waals surface area contributed by atoms with Gasteiger partial charge < -0.3 is 14.9 Å². The van der Waals surface area contributed by atoms with Crippen LogP contribution in [-0.2, 0) is 11.3 Å². The molecule has 2 N–H and O–H groups in total. The van der Waals surface area contributed by atoms with Crippen molar-refractivity contribution in [2.45, 2.75) is 20.4 Å². The summed E-state index contributed by atoms with van der Waals surface area (Å²) in [7, 11) is 0. The monoisotopic (exact) mass is 279 g/mol. The van der Waals surface area contributed by atoms with Crippen molar-refractivity contribution in [1.29, 1.82) is 0 Å². The van der Waals surface area contributed by atoms with Crippen LogP contribution in [0.4, 0.5) is 0 Å². The number of phenols is 1. The molecule has 2 unspecified atom stereocenters. The van der Waals surface area contributed by atoms with Crippen molar-refractivity contribution in [3.8, 4) is 11.5 Å². The number of ether oxygens (including phenoxy) is 1. The molecule has 0 saturated carbocycles. The number of aliphatic carboxylic acids is 1. The average molecular weight is 279 g/mol. The van der Waals surface area contributed by atoms with E-state index >= 15 is 0 Å². The van der Waals surface area contributed by atoms with Crippen molar-refractivity contribution < 1.29 is 19.7 Å². The van der Waals surface area contributed by atoms with Gasteiger partial charge in [0.05, 0.1) is 12.5 Å². The summed E-state index contributed by atoms with van der Waals surface area (Å²) in [5.74, 6) is -0.308. The summed E-state index contributed by atoms with van der Waals surface area (Å²) in [6, 6.07) is 5.42. The molecule has 1 aliphatic heterocycles. The number of carboxylic acids is 1. The first-order valence-electron chi connectivity index (χ1n) is 6.91. The predicted molar refractivity (Wildman–Crippen MR) is 74.8 cm³/mol. The molecule has 2 atom stereocenters. The summed E-state index contributed by atoms with van der Waals surface area (Å²) in [4.78, 5) is 13.2. The molecule has 20 heavy (non-hydrogen) atoms. The summed E-state index contributed by atoms with van der Waals surface area (Å²) >= 11 is 0. The van der Waals surface area contributed by atoms with Gasteiger partial charge in [0, 0.05) is 25.2 Å². The van der Waals surface area contributed by atoms with Crippen molar-refractivity contribution in [3.05, 3.63) is 23.8 Å². The van der Waals surface area contributed by atoms with Gasteiger partial charge in [0.2, 0.25) is 0 Å². The Morgan fingerprint density at radius 1 is 1.45 bits per heavy atom. The van der Waals surface area contributed by atoms with Crippen molar-refractivity contribution in [3.63, 3.8) is 0 Å². The highest BCUT2D eigenvalue weighted by Gasteiger charge is 2.34. The number of hydrogen-bond donors (Lipinski definition) is 2. The number of para-hydroxylation sites is 1. The van der Waals surface area contributed by atoms with Gasteiger partial charge in [0.25, 0.3) is 0 Å². The van der Waals surface area contributed by atoms with Gasteiger partial charge in [-0.05, 0) is 18.9 Å². The Morgan fingerprint density at radius 2 is 2.20 bits per heavy atom. The molecule has 1 aromatic rings. The molecule has 110 valence electrons. The number of phenolic OH excluding ortho intramolecular Hbond substituents is 1. The van der Waals surface area contributed by atoms with E-state index in [9.17, 15) is 9.90 Å². The van der Waals surface area contributed by atoms with E-state index in [1.807, 2.05) is 26.0 Å². The van der Waals surface area contributed by atoms with Crippen LogP contribution >= 0.6 is 0 Å². The number of rotatable bonds is 5. The third-order valence-corrected chi connectivity index (χ3v) is 3.78. The number of carboxylic acid groups (broad SMARTS) is 1. The summed E-state index contributed by atoms with van der Waals surface area (Å²) in [6.07, 6.45) is 0. The smallest absolute Gasteiger partial charge is 0.308 e. The Labute approximate surface area is 118 Å². The minimum Gasteiger partial charge on any atom is -0.504 e. The van der Waals surface area contributed by atoms with Crippen LogP contribution in [0, 0.1) is 11.8 Å². The first-order chi connectivity index (χ1) is 9.52. The second kappa shape index (κ2) is 6.13. The standard InChI is InChI=1S/C15H21NO4/c1-3-20-13-6-4-5-11(14(13)17)8-16-7-10(2)12(9-16)15(18)19/h4-6,10,12,17H,3,7-9H2,1-2H3,(H,18,19). The molecule has 0 aliphatic carbocycles. The van der Waals surface area contributed by atoms with Crippen LogP contribution in [-0.4, -0.2) is 40.8 Å². The maximum absolute atomic E-state index is 11.1. The highest BCUT2D eigenvalue weighted by molar-refractivity contribution is 5.71. The van der Waals surface area contributed by atoms with Crippen LogP contribution in [0.1, 0.15) is 19.4 Å². The molecule has 1 aromatic carbocycles. The van der Waals surface area contributed by atoms with E-state index in [1.165, 1.54) is 0 Å². The van der Waals surface area contributed by atoms with Crippen LogP contribution in [0.25, 0.3) is 0 Å². The summed E-state index contributed by atoms with van der Waals surface area (Å²) in [5.41, 5.74) is 0.772. The number of benzene rings is 1. The maximum Gasteiger partial charge on any atom is 0.308 e. The molecular weight excluding hydrogens is 258 g/mol. The molecule has 0 spiro atoms. The SMILES string of the molecule is CCOc1cccc(CN2CC(C)C(C(=O)O)C2)c1O. The first kappa shape index (κ1) is 14.7. The van der Waals surface area contributed by atoms with E-state index in [4.69, 9.17) is 9.84 Å². The number of carbonyl (C=O) groups is 1. The molecule has 1 aliphatic rings. The van der Waals surface area contributed by atoms with Gasteiger partial charge in [-0.2, -0.15) is 0 Å². The van der Waals surface area contributed by atoms with E-state index in [2.05, 4.69) is 4.90 Å². The highest BCUT2D eigenvalue weighted by atomic mass is 16.5. The number of aromatic hydroxyl groups is 1. The second-order valence-corrected chi connectivity index (χ2v) is 5.31. The van der Waals surface area contributed by atoms with Crippen LogP contribution in [0.5, 0.6) is 11.5 Å². The summed E-state index contributed by atoms with van der Waals surface area (Å²) in [6.45, 7) is 6.12. The Balaban J connectivity index is 2.08. The molecule has 5 nitrogen and oxygen atoms in total. The maximum atomic E-state index is 11.1. The van der Waals surface area contributed by atoms with Gasteiger partial charge in [0.1, 0.15) is 0 Å². The summed E-state index contributed by atoms with van der Waals surface area (Å²) in [5, 5.41) is 19.3. The zero-order valence-corrected chi connectivity index (χ0v) is 11.9. The topological polar surface area (TPSA) is 70.0 Å². The Bertz CT molecular complexity index is 489. The normalized spacial score (nSPS) is 22.9. The minimum absolute atomic E-state index is 0.129. The molecule has 1 heterocycles. The first-order valence-corrected chi connectivity index (χ1v) is 6.91. The predicted octanol–water partition coefficient (Wildman–Crippen LogP) is 1.94. The van der Waals surface area contributed by atoms with Crippen LogP contribution in [0.2, 0.25) is 0 Å². The number of nitrogens with zero attached hydrogens (tertiary/aromatic N) is 1. The molecular formula is C15H21NO4. The lowest BCUT2D eigenvalue weighted by Gasteiger charge is -2.17. The molecule has 0 aromatic heterocycles. The van der Waals surface area contributed by atoms with Gasteiger partial charge in [0.15, 0.2) is 11.5 Å². The van der Waals surface area contributed by atoms with Gasteiger partial charge in [-0.25, -0.2) is 0 Å². The quantitative estimate of drug-likeness (QED) is 0.862. The Morgan fingerprint density at radius 3 is 2.80 bits per heavy atom. The third-order valence-electron chi connectivity index (χ3n) is 3.78. The second-order valence-electron chi connectivity index (χ2n) is 5.31. The molecule has 2 rings (SSSR count). The van der Waals surface area contributed by atoms with E-state index in [-0.39, 0.29) is 17.6 Å². The van der Waals surface area contributed by atoms with E-state index in [1.54, 1.807) is 6.07 Å². The number of hydrogen-bond acceptors (Lipinski definition) is 4. The van der Waals surface area contributed by atoms with Gasteiger partial charge >= 0.3 is 5.97 Å². The zero-order chi connectivity index (χ0) is 14.7. The zero-order valence-electron chi connectivity index (χ0n) is 11.9. The molecule has 1 fully saturated rings. The van der Waals surface area contributed by atoms with Gasteiger partial charge in [-0.15, -0.1) is 0 Å². The van der Waals surface area contributed by atoms with Crippen LogP contribution in [0.3, 0.4) is 0 Å². The van der Waals surface area contributed by atoms with Crippen LogP contribution in [0.15, 0.2) is 18.2 Å². The molecule has 0 radical (unpaired) electrons. The Kier molecular flexibility index (Phi) is 4.49. The van der Waals surface area contributed by atoms with Crippen molar-refractivity contribution in [2.24, 2.45) is 11.8 Å². The van der Waals surface area contributed by atoms with Crippen LogP contribution < -0.4 is 4.74 Å². The lowest BCUT2D eigenvalue weighted by molar-refractivity contribution is -0.142. The fourth-order valence-corrected chi connectivity index (χ4v) is 2.73. The van der Waals surface area contributed by atoms with Crippen molar-refractivity contribution in [2.75, 3.05) is 19.7 Å². The minimum atomic E-state index is -0.743. The van der Waals surface area contributed by atoms with Crippen molar-refractivity contribution >= 4 is 5.97 Å². The third kappa shape index (κ3) is 3.04. The van der Waals surface area contributed by atoms with E-state index in [0.717, 1.165) is 12.1 Å². The largest absolute Gasteiger partial charge is 0.504 e. The van der Waals surface area contributed by atoms with E-state index in [0.29, 0.717) is 25.4 Å². The average Bonchev–Trinajstić information content (AvgIpc) is 2.76. The fourth-order valence-electron chi connectivity index (χ4n) is 2.73. The summed E-state index contributed by atoms with van der Waals surface area (Å²) < 4.78 is 5.36. The van der Waals surface area contributed by atoms with Crippen molar-refractivity contribution in [1.82, 2.24) is 4.90 Å². The molecule has 0 bridgehead atoms. The van der Waals surface area contributed by atoms with Gasteiger partial charge in [-0.3, -0.25) is 9.69 Å². The van der Waals surface area contributed by atoms with E-state index < -0.39 is 5.97 Å². The number of likely N-dealkylation sites (tertiary alicyclic amines) is 1. The molecule has 0 amide bonds. The molecule has 1 saturated heterocycles.